The van der Waals surface area contributed by atoms with Crippen LogP contribution in [0.15, 0.2) is 33.3 Å². The highest BCUT2D eigenvalue weighted by molar-refractivity contribution is 9.10. The van der Waals surface area contributed by atoms with Crippen LogP contribution in [0.5, 0.6) is 0 Å². The molecule has 1 aromatic heterocycles. The third kappa shape index (κ3) is 2.40. The average molecular weight is 294 g/mol. The van der Waals surface area contributed by atoms with E-state index < -0.39 is 0 Å². The largest absolute Gasteiger partial charge is 0.339 e. The van der Waals surface area contributed by atoms with Gasteiger partial charge in [0.25, 0.3) is 0 Å². The van der Waals surface area contributed by atoms with Crippen molar-refractivity contribution < 1.29 is 4.52 Å². The Labute approximate surface area is 108 Å². The van der Waals surface area contributed by atoms with Crippen molar-refractivity contribution in [2.24, 2.45) is 5.92 Å². The van der Waals surface area contributed by atoms with Gasteiger partial charge in [-0.05, 0) is 31.1 Å². The van der Waals surface area contributed by atoms with E-state index in [9.17, 15) is 0 Å². The lowest BCUT2D eigenvalue weighted by molar-refractivity contribution is 0.296. The molecule has 1 aliphatic rings. The SMILES string of the molecule is Brc1cccc(-c2noc(CC3CNC3)n2)c1. The van der Waals surface area contributed by atoms with E-state index in [1.807, 2.05) is 24.3 Å². The molecule has 0 unspecified atom stereocenters. The van der Waals surface area contributed by atoms with Crippen LogP contribution in [0.25, 0.3) is 11.4 Å². The molecule has 5 heteroatoms. The van der Waals surface area contributed by atoms with Gasteiger partial charge < -0.3 is 9.84 Å². The zero-order chi connectivity index (χ0) is 11.7. The Hall–Kier alpha value is -1.20. The molecule has 17 heavy (non-hydrogen) atoms. The highest BCUT2D eigenvalue weighted by atomic mass is 79.9. The Kier molecular flexibility index (Phi) is 2.94. The maximum atomic E-state index is 5.26. The molecule has 1 aliphatic heterocycles. The normalized spacial score (nSPS) is 15.8. The first-order valence-electron chi connectivity index (χ1n) is 5.60. The first-order chi connectivity index (χ1) is 8.31. The minimum atomic E-state index is 0.644. The van der Waals surface area contributed by atoms with Crippen LogP contribution < -0.4 is 5.32 Å². The van der Waals surface area contributed by atoms with Crippen molar-refractivity contribution in [3.05, 3.63) is 34.6 Å². The summed E-state index contributed by atoms with van der Waals surface area (Å²) in [5.74, 6) is 2.03. The van der Waals surface area contributed by atoms with E-state index in [1.165, 1.54) is 0 Å². The van der Waals surface area contributed by atoms with Crippen LogP contribution in [0.1, 0.15) is 5.89 Å². The second kappa shape index (κ2) is 4.58. The Bertz CT molecular complexity index is 522. The van der Waals surface area contributed by atoms with Gasteiger partial charge in [0.2, 0.25) is 11.7 Å². The summed E-state index contributed by atoms with van der Waals surface area (Å²) in [6.07, 6.45) is 0.869. The fourth-order valence-corrected chi connectivity index (χ4v) is 2.22. The molecule has 2 aromatic rings. The van der Waals surface area contributed by atoms with Crippen LogP contribution >= 0.6 is 15.9 Å². The van der Waals surface area contributed by atoms with E-state index in [4.69, 9.17) is 4.52 Å². The molecule has 1 fully saturated rings. The summed E-state index contributed by atoms with van der Waals surface area (Å²) < 4.78 is 6.28. The highest BCUT2D eigenvalue weighted by Crippen LogP contribution is 2.21. The summed E-state index contributed by atoms with van der Waals surface area (Å²) in [4.78, 5) is 4.42. The van der Waals surface area contributed by atoms with E-state index in [-0.39, 0.29) is 0 Å². The maximum Gasteiger partial charge on any atom is 0.227 e. The maximum absolute atomic E-state index is 5.26. The molecule has 0 bridgehead atoms. The number of nitrogens with one attached hydrogen (secondary N) is 1. The smallest absolute Gasteiger partial charge is 0.227 e. The van der Waals surface area contributed by atoms with E-state index >= 15 is 0 Å². The van der Waals surface area contributed by atoms with E-state index in [1.54, 1.807) is 0 Å². The minimum Gasteiger partial charge on any atom is -0.339 e. The first kappa shape index (κ1) is 10.9. The van der Waals surface area contributed by atoms with Crippen LogP contribution in [-0.2, 0) is 6.42 Å². The fourth-order valence-electron chi connectivity index (χ4n) is 1.82. The number of hydrogen-bond donors (Lipinski definition) is 1. The molecule has 4 nitrogen and oxygen atoms in total. The Morgan fingerprint density at radius 2 is 2.29 bits per heavy atom. The van der Waals surface area contributed by atoms with E-state index in [2.05, 4.69) is 31.4 Å². The number of halogens is 1. The zero-order valence-electron chi connectivity index (χ0n) is 9.19. The molecule has 0 radical (unpaired) electrons. The summed E-state index contributed by atoms with van der Waals surface area (Å²) in [5.41, 5.74) is 0.973. The molecular weight excluding hydrogens is 282 g/mol. The molecule has 88 valence electrons. The van der Waals surface area contributed by atoms with Gasteiger partial charge in [0.1, 0.15) is 0 Å². The molecule has 1 N–H and O–H groups in total. The van der Waals surface area contributed by atoms with Gasteiger partial charge in [0, 0.05) is 16.5 Å². The van der Waals surface area contributed by atoms with Crippen LogP contribution in [0.2, 0.25) is 0 Å². The molecular formula is C12H12BrN3O. The number of rotatable bonds is 3. The Balaban J connectivity index is 1.79. The van der Waals surface area contributed by atoms with Crippen LogP contribution in [0.4, 0.5) is 0 Å². The first-order valence-corrected chi connectivity index (χ1v) is 6.40. The number of hydrogen-bond acceptors (Lipinski definition) is 4. The van der Waals surface area contributed by atoms with Crippen molar-refractivity contribution in [3.8, 4) is 11.4 Å². The second-order valence-corrected chi connectivity index (χ2v) is 5.17. The molecule has 0 spiro atoms. The van der Waals surface area contributed by atoms with Gasteiger partial charge in [-0.1, -0.05) is 33.2 Å². The van der Waals surface area contributed by atoms with Gasteiger partial charge in [-0.2, -0.15) is 4.98 Å². The lowest BCUT2D eigenvalue weighted by atomic mass is 10.00. The van der Waals surface area contributed by atoms with Crippen LogP contribution in [0.3, 0.4) is 0 Å². The lowest BCUT2D eigenvalue weighted by Crippen LogP contribution is -2.43. The second-order valence-electron chi connectivity index (χ2n) is 4.25. The molecule has 1 saturated heterocycles. The number of benzene rings is 1. The van der Waals surface area contributed by atoms with Gasteiger partial charge in [0.15, 0.2) is 0 Å². The third-order valence-electron chi connectivity index (χ3n) is 2.88. The predicted molar refractivity (Wildman–Crippen MR) is 67.5 cm³/mol. The van der Waals surface area contributed by atoms with Gasteiger partial charge in [0.05, 0.1) is 0 Å². The van der Waals surface area contributed by atoms with Gasteiger partial charge in [-0.3, -0.25) is 0 Å². The third-order valence-corrected chi connectivity index (χ3v) is 3.37. The average Bonchev–Trinajstić information content (AvgIpc) is 2.72. The summed E-state index contributed by atoms with van der Waals surface area (Å²) >= 11 is 3.43. The molecule has 0 saturated carbocycles. The molecule has 0 aliphatic carbocycles. The molecule has 0 atom stereocenters. The van der Waals surface area contributed by atoms with Gasteiger partial charge >= 0.3 is 0 Å². The molecule has 3 rings (SSSR count). The number of aromatic nitrogens is 2. The Morgan fingerprint density at radius 1 is 1.41 bits per heavy atom. The minimum absolute atomic E-state index is 0.644. The van der Waals surface area contributed by atoms with Gasteiger partial charge in [-0.25, -0.2) is 0 Å². The fraction of sp³-hybridized carbons (Fsp3) is 0.333. The van der Waals surface area contributed by atoms with Crippen LogP contribution in [0, 0.1) is 5.92 Å². The van der Waals surface area contributed by atoms with Crippen molar-refractivity contribution in [1.82, 2.24) is 15.5 Å². The molecule has 0 amide bonds. The zero-order valence-corrected chi connectivity index (χ0v) is 10.8. The van der Waals surface area contributed by atoms with Crippen molar-refractivity contribution in [2.75, 3.05) is 13.1 Å². The van der Waals surface area contributed by atoms with Gasteiger partial charge in [-0.15, -0.1) is 0 Å². The summed E-state index contributed by atoms with van der Waals surface area (Å²) in [6, 6.07) is 7.90. The predicted octanol–water partition coefficient (Wildman–Crippen LogP) is 2.26. The Morgan fingerprint density at radius 3 is 3.00 bits per heavy atom. The van der Waals surface area contributed by atoms with Crippen LogP contribution in [-0.4, -0.2) is 23.2 Å². The van der Waals surface area contributed by atoms with Crippen molar-refractivity contribution in [2.45, 2.75) is 6.42 Å². The quantitative estimate of drug-likeness (QED) is 0.943. The van der Waals surface area contributed by atoms with Crippen molar-refractivity contribution >= 4 is 15.9 Å². The van der Waals surface area contributed by atoms with Crippen molar-refractivity contribution in [1.29, 1.82) is 0 Å². The van der Waals surface area contributed by atoms with E-state index in [0.29, 0.717) is 11.7 Å². The van der Waals surface area contributed by atoms with E-state index in [0.717, 1.165) is 35.4 Å². The summed E-state index contributed by atoms with van der Waals surface area (Å²) in [5, 5.41) is 7.24. The molecule has 2 heterocycles. The van der Waals surface area contributed by atoms with Crippen molar-refractivity contribution in [3.63, 3.8) is 0 Å². The highest BCUT2D eigenvalue weighted by Gasteiger charge is 2.20. The number of nitrogens with zero attached hydrogens (tertiary/aromatic N) is 2. The topological polar surface area (TPSA) is 51.0 Å². The summed E-state index contributed by atoms with van der Waals surface area (Å²) in [6.45, 7) is 2.10. The summed E-state index contributed by atoms with van der Waals surface area (Å²) in [7, 11) is 0. The lowest BCUT2D eigenvalue weighted by Gasteiger charge is -2.25. The standard InChI is InChI=1S/C12H12BrN3O/c13-10-3-1-2-9(5-10)12-15-11(17-16-12)4-8-6-14-7-8/h1-3,5,8,14H,4,6-7H2. The monoisotopic (exact) mass is 293 g/mol. The molecule has 1 aromatic carbocycles.